The van der Waals surface area contributed by atoms with Gasteiger partial charge in [-0.3, -0.25) is 4.79 Å². The average molecular weight is 288 g/mol. The van der Waals surface area contributed by atoms with Gasteiger partial charge in [-0.15, -0.1) is 0 Å². The molecule has 2 nitrogen and oxygen atoms in total. The first kappa shape index (κ1) is 14.6. The maximum atomic E-state index is 12.2. The summed E-state index contributed by atoms with van der Waals surface area (Å²) in [6, 6.07) is 13.5. The first-order valence-electron chi connectivity index (χ1n) is 6.73. The van der Waals surface area contributed by atoms with Crippen LogP contribution in [0, 0.1) is 6.92 Å². The summed E-state index contributed by atoms with van der Waals surface area (Å²) in [6.45, 7) is 4.09. The average Bonchev–Trinajstić information content (AvgIpc) is 2.41. The molecule has 0 spiro atoms. The minimum Gasteiger partial charge on any atom is -0.325 e. The van der Waals surface area contributed by atoms with Crippen molar-refractivity contribution < 1.29 is 4.79 Å². The molecular weight excluding hydrogens is 270 g/mol. The number of aryl methyl sites for hydroxylation is 2. The summed E-state index contributed by atoms with van der Waals surface area (Å²) < 4.78 is 0. The Morgan fingerprint density at radius 2 is 1.95 bits per heavy atom. The molecule has 0 saturated carbocycles. The van der Waals surface area contributed by atoms with Gasteiger partial charge in [0.15, 0.2) is 0 Å². The molecule has 0 aliphatic rings. The van der Waals surface area contributed by atoms with Crippen molar-refractivity contribution in [1.29, 1.82) is 0 Å². The summed E-state index contributed by atoms with van der Waals surface area (Å²) in [4.78, 5) is 12.2. The molecular formula is C17H18ClNO. The van der Waals surface area contributed by atoms with Crippen molar-refractivity contribution in [2.75, 3.05) is 5.32 Å². The Hall–Kier alpha value is -1.80. The van der Waals surface area contributed by atoms with Gasteiger partial charge in [-0.1, -0.05) is 48.9 Å². The van der Waals surface area contributed by atoms with Crippen LogP contribution in [0.1, 0.15) is 23.6 Å². The maximum Gasteiger partial charge on any atom is 0.228 e. The van der Waals surface area contributed by atoms with E-state index in [-0.39, 0.29) is 5.91 Å². The van der Waals surface area contributed by atoms with Gasteiger partial charge in [0.25, 0.3) is 0 Å². The molecule has 0 fully saturated rings. The van der Waals surface area contributed by atoms with Crippen molar-refractivity contribution in [3.8, 4) is 0 Å². The number of carbonyl (C=O) groups excluding carboxylic acids is 1. The summed E-state index contributed by atoms with van der Waals surface area (Å²) in [5.41, 5.74) is 4.09. The topological polar surface area (TPSA) is 29.1 Å². The molecule has 3 heteroatoms. The van der Waals surface area contributed by atoms with E-state index in [0.717, 1.165) is 28.8 Å². The van der Waals surface area contributed by atoms with E-state index in [1.807, 2.05) is 43.3 Å². The van der Waals surface area contributed by atoms with E-state index in [2.05, 4.69) is 12.2 Å². The molecule has 0 radical (unpaired) electrons. The quantitative estimate of drug-likeness (QED) is 0.888. The number of carbonyl (C=O) groups is 1. The Labute approximate surface area is 124 Å². The lowest BCUT2D eigenvalue weighted by Gasteiger charge is -2.13. The van der Waals surface area contributed by atoms with Crippen LogP contribution in [0.25, 0.3) is 0 Å². The monoisotopic (exact) mass is 287 g/mol. The van der Waals surface area contributed by atoms with E-state index in [1.165, 1.54) is 0 Å². The third-order valence-electron chi connectivity index (χ3n) is 3.26. The summed E-state index contributed by atoms with van der Waals surface area (Å²) in [5.74, 6) is -0.0173. The first-order valence-corrected chi connectivity index (χ1v) is 7.10. The molecule has 0 aliphatic heterocycles. The standard InChI is InChI=1S/C17H18ClNO/c1-3-14-8-4-6-12(2)17(14)19-16(20)11-13-7-5-9-15(18)10-13/h4-10H,3,11H2,1-2H3,(H,19,20). The molecule has 1 N–H and O–H groups in total. The predicted octanol–water partition coefficient (Wildman–Crippen LogP) is 4.39. The number of hydrogen-bond donors (Lipinski definition) is 1. The van der Waals surface area contributed by atoms with Crippen LogP contribution in [0.4, 0.5) is 5.69 Å². The van der Waals surface area contributed by atoms with E-state index in [1.54, 1.807) is 6.07 Å². The number of nitrogens with one attached hydrogen (secondary N) is 1. The number of halogens is 1. The lowest BCUT2D eigenvalue weighted by Crippen LogP contribution is -2.16. The van der Waals surface area contributed by atoms with Crippen molar-refractivity contribution in [2.24, 2.45) is 0 Å². The minimum atomic E-state index is -0.0173. The number of benzene rings is 2. The number of anilines is 1. The molecule has 2 rings (SSSR count). The van der Waals surface area contributed by atoms with Crippen LogP contribution < -0.4 is 5.32 Å². The summed E-state index contributed by atoms with van der Waals surface area (Å²) >= 11 is 5.93. The van der Waals surface area contributed by atoms with E-state index >= 15 is 0 Å². The zero-order chi connectivity index (χ0) is 14.5. The Balaban J connectivity index is 2.12. The second-order valence-corrected chi connectivity index (χ2v) is 5.25. The molecule has 2 aromatic rings. The third-order valence-corrected chi connectivity index (χ3v) is 3.49. The van der Waals surface area contributed by atoms with Crippen molar-refractivity contribution in [3.05, 3.63) is 64.2 Å². The zero-order valence-corrected chi connectivity index (χ0v) is 12.5. The van der Waals surface area contributed by atoms with Crippen molar-refractivity contribution in [3.63, 3.8) is 0 Å². The van der Waals surface area contributed by atoms with Crippen LogP contribution in [0.15, 0.2) is 42.5 Å². The lowest BCUT2D eigenvalue weighted by atomic mass is 10.1. The van der Waals surface area contributed by atoms with Gasteiger partial charge in [-0.2, -0.15) is 0 Å². The Morgan fingerprint density at radius 1 is 1.20 bits per heavy atom. The molecule has 0 bridgehead atoms. The molecule has 0 aromatic heterocycles. The highest BCUT2D eigenvalue weighted by molar-refractivity contribution is 6.30. The van der Waals surface area contributed by atoms with E-state index in [9.17, 15) is 4.79 Å². The van der Waals surface area contributed by atoms with Crippen LogP contribution in [-0.2, 0) is 17.6 Å². The van der Waals surface area contributed by atoms with Gasteiger partial charge in [-0.05, 0) is 42.2 Å². The van der Waals surface area contributed by atoms with Gasteiger partial charge in [0.05, 0.1) is 6.42 Å². The molecule has 0 heterocycles. The Bertz CT molecular complexity index is 622. The number of para-hydroxylation sites is 1. The molecule has 2 aromatic carbocycles. The number of amides is 1. The van der Waals surface area contributed by atoms with Gasteiger partial charge < -0.3 is 5.32 Å². The molecule has 1 amide bonds. The van der Waals surface area contributed by atoms with E-state index in [0.29, 0.717) is 11.4 Å². The smallest absolute Gasteiger partial charge is 0.228 e. The number of rotatable bonds is 4. The predicted molar refractivity (Wildman–Crippen MR) is 84.3 cm³/mol. The highest BCUT2D eigenvalue weighted by Crippen LogP contribution is 2.21. The van der Waals surface area contributed by atoms with Crippen molar-refractivity contribution >= 4 is 23.2 Å². The van der Waals surface area contributed by atoms with Gasteiger partial charge in [0, 0.05) is 10.7 Å². The van der Waals surface area contributed by atoms with Crippen LogP contribution in [0.3, 0.4) is 0 Å². The first-order chi connectivity index (χ1) is 9.60. The molecule has 0 saturated heterocycles. The van der Waals surface area contributed by atoms with Gasteiger partial charge >= 0.3 is 0 Å². The fraction of sp³-hybridized carbons (Fsp3) is 0.235. The summed E-state index contributed by atoms with van der Waals surface area (Å²) in [7, 11) is 0. The Kier molecular flexibility index (Phi) is 4.80. The van der Waals surface area contributed by atoms with E-state index in [4.69, 9.17) is 11.6 Å². The number of hydrogen-bond acceptors (Lipinski definition) is 1. The third kappa shape index (κ3) is 3.61. The Morgan fingerprint density at radius 3 is 2.65 bits per heavy atom. The highest BCUT2D eigenvalue weighted by Gasteiger charge is 2.09. The SMILES string of the molecule is CCc1cccc(C)c1NC(=O)Cc1cccc(Cl)c1. The van der Waals surface area contributed by atoms with Crippen molar-refractivity contribution in [1.82, 2.24) is 0 Å². The maximum absolute atomic E-state index is 12.2. The van der Waals surface area contributed by atoms with Crippen LogP contribution in [0.2, 0.25) is 5.02 Å². The van der Waals surface area contributed by atoms with Gasteiger partial charge in [0.1, 0.15) is 0 Å². The normalized spacial score (nSPS) is 10.3. The summed E-state index contributed by atoms with van der Waals surface area (Å²) in [6.07, 6.45) is 1.23. The van der Waals surface area contributed by atoms with Crippen molar-refractivity contribution in [2.45, 2.75) is 26.7 Å². The van der Waals surface area contributed by atoms with Crippen LogP contribution in [0.5, 0.6) is 0 Å². The highest BCUT2D eigenvalue weighted by atomic mass is 35.5. The summed E-state index contributed by atoms with van der Waals surface area (Å²) in [5, 5.41) is 3.67. The fourth-order valence-electron chi connectivity index (χ4n) is 2.22. The second-order valence-electron chi connectivity index (χ2n) is 4.82. The van der Waals surface area contributed by atoms with Gasteiger partial charge in [0.2, 0.25) is 5.91 Å². The molecule has 0 atom stereocenters. The molecule has 104 valence electrons. The molecule has 0 aliphatic carbocycles. The molecule has 0 unspecified atom stereocenters. The van der Waals surface area contributed by atoms with Crippen LogP contribution >= 0.6 is 11.6 Å². The van der Waals surface area contributed by atoms with Gasteiger partial charge in [-0.25, -0.2) is 0 Å². The minimum absolute atomic E-state index is 0.0173. The molecule has 20 heavy (non-hydrogen) atoms. The fourth-order valence-corrected chi connectivity index (χ4v) is 2.43. The second kappa shape index (κ2) is 6.58. The zero-order valence-electron chi connectivity index (χ0n) is 11.7. The van der Waals surface area contributed by atoms with E-state index < -0.39 is 0 Å². The lowest BCUT2D eigenvalue weighted by molar-refractivity contribution is -0.115. The largest absolute Gasteiger partial charge is 0.325 e. The van der Waals surface area contributed by atoms with Crippen LogP contribution in [-0.4, -0.2) is 5.91 Å².